The lowest BCUT2D eigenvalue weighted by Gasteiger charge is -2.10. The molecule has 1 aromatic carbocycles. The molecule has 0 unspecified atom stereocenters. The van der Waals surface area contributed by atoms with Gasteiger partial charge in [-0.05, 0) is 26.0 Å². The first-order chi connectivity index (χ1) is 7.39. The van der Waals surface area contributed by atoms with Crippen LogP contribution in [0.3, 0.4) is 0 Å². The second-order valence-electron chi connectivity index (χ2n) is 3.52. The third-order valence-corrected chi connectivity index (χ3v) is 4.40. The van der Waals surface area contributed by atoms with Crippen LogP contribution in [0.15, 0.2) is 29.2 Å². The van der Waals surface area contributed by atoms with Crippen molar-refractivity contribution >= 4 is 15.8 Å². The largest absolute Gasteiger partial charge is 0.468 e. The number of esters is 1. The quantitative estimate of drug-likeness (QED) is 0.750. The third-order valence-electron chi connectivity index (χ3n) is 2.35. The van der Waals surface area contributed by atoms with E-state index in [0.29, 0.717) is 0 Å². The molecule has 0 saturated carbocycles. The first-order valence-electron chi connectivity index (χ1n) is 4.78. The monoisotopic (exact) mass is 242 g/mol. The smallest absolute Gasteiger partial charge is 0.324 e. The van der Waals surface area contributed by atoms with Crippen molar-refractivity contribution in [1.29, 1.82) is 0 Å². The second kappa shape index (κ2) is 4.65. The molecule has 0 radical (unpaired) electrons. The maximum atomic E-state index is 11.9. The highest BCUT2D eigenvalue weighted by Gasteiger charge is 2.30. The van der Waals surface area contributed by atoms with Crippen LogP contribution in [0.25, 0.3) is 0 Å². The van der Waals surface area contributed by atoms with Crippen molar-refractivity contribution in [3.63, 3.8) is 0 Å². The number of ether oxygens (including phenoxy) is 1. The number of carbonyl (C=O) groups is 1. The summed E-state index contributed by atoms with van der Waals surface area (Å²) >= 11 is 0. The number of aryl methyl sites for hydroxylation is 1. The summed E-state index contributed by atoms with van der Waals surface area (Å²) in [5, 5.41) is -1.18. The van der Waals surface area contributed by atoms with E-state index in [4.69, 9.17) is 0 Å². The number of hydrogen-bond acceptors (Lipinski definition) is 4. The van der Waals surface area contributed by atoms with Crippen molar-refractivity contribution in [2.45, 2.75) is 24.0 Å². The van der Waals surface area contributed by atoms with Crippen molar-refractivity contribution in [3.05, 3.63) is 29.8 Å². The van der Waals surface area contributed by atoms with Gasteiger partial charge in [-0.25, -0.2) is 8.42 Å². The molecule has 0 amide bonds. The summed E-state index contributed by atoms with van der Waals surface area (Å²) in [6, 6.07) is 6.36. The van der Waals surface area contributed by atoms with Gasteiger partial charge in [0.05, 0.1) is 12.0 Å². The van der Waals surface area contributed by atoms with Gasteiger partial charge in [0.2, 0.25) is 0 Å². The van der Waals surface area contributed by atoms with Gasteiger partial charge in [-0.3, -0.25) is 4.79 Å². The minimum Gasteiger partial charge on any atom is -0.468 e. The van der Waals surface area contributed by atoms with E-state index in [1.165, 1.54) is 26.2 Å². The van der Waals surface area contributed by atoms with E-state index in [-0.39, 0.29) is 4.90 Å². The summed E-state index contributed by atoms with van der Waals surface area (Å²) in [7, 11) is -2.47. The summed E-state index contributed by atoms with van der Waals surface area (Å²) in [6.07, 6.45) is 0. The van der Waals surface area contributed by atoms with Gasteiger partial charge >= 0.3 is 5.97 Å². The van der Waals surface area contributed by atoms with Crippen LogP contribution in [0.2, 0.25) is 0 Å². The Morgan fingerprint density at radius 2 is 1.75 bits per heavy atom. The molecule has 0 aliphatic carbocycles. The van der Waals surface area contributed by atoms with Crippen LogP contribution in [0.1, 0.15) is 12.5 Å². The van der Waals surface area contributed by atoms with E-state index in [1.807, 2.05) is 6.92 Å². The van der Waals surface area contributed by atoms with Crippen molar-refractivity contribution in [3.8, 4) is 0 Å². The van der Waals surface area contributed by atoms with Crippen LogP contribution < -0.4 is 0 Å². The highest BCUT2D eigenvalue weighted by atomic mass is 32.2. The molecule has 0 aliphatic heterocycles. The van der Waals surface area contributed by atoms with E-state index < -0.39 is 21.1 Å². The minimum absolute atomic E-state index is 0.135. The molecule has 16 heavy (non-hydrogen) atoms. The molecule has 0 saturated heterocycles. The summed E-state index contributed by atoms with van der Waals surface area (Å²) in [5.41, 5.74) is 0.963. The second-order valence-corrected chi connectivity index (χ2v) is 5.79. The molecule has 0 heterocycles. The topological polar surface area (TPSA) is 60.4 Å². The molecule has 0 fully saturated rings. The zero-order valence-corrected chi connectivity index (χ0v) is 10.2. The molecule has 0 spiro atoms. The zero-order chi connectivity index (χ0) is 12.3. The van der Waals surface area contributed by atoms with E-state index >= 15 is 0 Å². The molecule has 1 rings (SSSR count). The average Bonchev–Trinajstić information content (AvgIpc) is 2.27. The van der Waals surface area contributed by atoms with Gasteiger partial charge in [0.1, 0.15) is 0 Å². The molecule has 0 bridgehead atoms. The average molecular weight is 242 g/mol. The Kier molecular flexibility index (Phi) is 3.70. The van der Waals surface area contributed by atoms with Crippen molar-refractivity contribution < 1.29 is 17.9 Å². The van der Waals surface area contributed by atoms with Crippen LogP contribution in [0.4, 0.5) is 0 Å². The van der Waals surface area contributed by atoms with Gasteiger partial charge in [0, 0.05) is 0 Å². The Hall–Kier alpha value is -1.36. The van der Waals surface area contributed by atoms with Gasteiger partial charge in [0.15, 0.2) is 15.1 Å². The fraction of sp³-hybridized carbons (Fsp3) is 0.364. The standard InChI is InChI=1S/C11H14O4S/c1-8-4-6-10(7-5-8)16(13,14)9(2)11(12)15-3/h4-7,9H,1-3H3/t9-/m0/s1. The lowest BCUT2D eigenvalue weighted by atomic mass is 10.2. The van der Waals surface area contributed by atoms with Gasteiger partial charge in [-0.2, -0.15) is 0 Å². The van der Waals surface area contributed by atoms with E-state index in [0.717, 1.165) is 5.56 Å². The lowest BCUT2D eigenvalue weighted by molar-refractivity contribution is -0.139. The summed E-state index contributed by atoms with van der Waals surface area (Å²) < 4.78 is 28.3. The Labute approximate surface area is 95.2 Å². The highest BCUT2D eigenvalue weighted by molar-refractivity contribution is 7.92. The number of hydrogen-bond donors (Lipinski definition) is 0. The van der Waals surface area contributed by atoms with E-state index in [9.17, 15) is 13.2 Å². The zero-order valence-electron chi connectivity index (χ0n) is 9.43. The van der Waals surface area contributed by atoms with Gasteiger partial charge in [-0.1, -0.05) is 17.7 Å². The number of methoxy groups -OCH3 is 1. The van der Waals surface area contributed by atoms with Crippen LogP contribution in [-0.2, 0) is 19.4 Å². The number of rotatable bonds is 3. The molecule has 5 heteroatoms. The summed E-state index contributed by atoms with van der Waals surface area (Å²) in [5.74, 6) is -0.749. The molecule has 0 aromatic heterocycles. The highest BCUT2D eigenvalue weighted by Crippen LogP contribution is 2.17. The molecule has 4 nitrogen and oxygen atoms in total. The molecular formula is C11H14O4S. The Bertz CT molecular complexity index is 473. The summed E-state index contributed by atoms with van der Waals surface area (Å²) in [4.78, 5) is 11.3. The minimum atomic E-state index is -3.64. The Morgan fingerprint density at radius 1 is 1.25 bits per heavy atom. The first kappa shape index (κ1) is 12.7. The molecule has 0 aliphatic rings. The molecule has 1 aromatic rings. The van der Waals surface area contributed by atoms with E-state index in [1.54, 1.807) is 12.1 Å². The maximum Gasteiger partial charge on any atom is 0.324 e. The first-order valence-corrected chi connectivity index (χ1v) is 6.32. The maximum absolute atomic E-state index is 11.9. The van der Waals surface area contributed by atoms with Crippen molar-refractivity contribution in [1.82, 2.24) is 0 Å². The fourth-order valence-electron chi connectivity index (χ4n) is 1.22. The van der Waals surface area contributed by atoms with Crippen molar-refractivity contribution in [2.24, 2.45) is 0 Å². The third kappa shape index (κ3) is 2.41. The van der Waals surface area contributed by atoms with Crippen LogP contribution >= 0.6 is 0 Å². The SMILES string of the molecule is COC(=O)[C@H](C)S(=O)(=O)c1ccc(C)cc1. The normalized spacial score (nSPS) is 13.2. The van der Waals surface area contributed by atoms with Crippen molar-refractivity contribution in [2.75, 3.05) is 7.11 Å². The predicted octanol–water partition coefficient (Wildman–Crippen LogP) is 1.33. The molecule has 0 N–H and O–H groups in total. The number of carbonyl (C=O) groups excluding carboxylic acids is 1. The molecular weight excluding hydrogens is 228 g/mol. The molecule has 88 valence electrons. The molecule has 1 atom stereocenters. The predicted molar refractivity (Wildman–Crippen MR) is 59.8 cm³/mol. The summed E-state index contributed by atoms with van der Waals surface area (Å²) in [6.45, 7) is 3.18. The van der Waals surface area contributed by atoms with Gasteiger partial charge in [-0.15, -0.1) is 0 Å². The van der Waals surface area contributed by atoms with Gasteiger partial charge < -0.3 is 4.74 Å². The van der Waals surface area contributed by atoms with Crippen LogP contribution in [0, 0.1) is 6.92 Å². The Morgan fingerprint density at radius 3 is 2.19 bits per heavy atom. The van der Waals surface area contributed by atoms with Gasteiger partial charge in [0.25, 0.3) is 0 Å². The van der Waals surface area contributed by atoms with Crippen LogP contribution in [-0.4, -0.2) is 26.7 Å². The van der Waals surface area contributed by atoms with E-state index in [2.05, 4.69) is 4.74 Å². The number of sulfone groups is 1. The lowest BCUT2D eigenvalue weighted by Crippen LogP contribution is -2.28. The fourth-order valence-corrected chi connectivity index (χ4v) is 2.50. The Balaban J connectivity index is 3.12. The van der Waals surface area contributed by atoms with Crippen LogP contribution in [0.5, 0.6) is 0 Å². The number of benzene rings is 1.